The van der Waals surface area contributed by atoms with Gasteiger partial charge in [0, 0.05) is 33.0 Å². The van der Waals surface area contributed by atoms with Crippen LogP contribution in [0, 0.1) is 21.7 Å². The second-order valence-corrected chi connectivity index (χ2v) is 7.72. The first-order valence-electron chi connectivity index (χ1n) is 9.83. The summed E-state index contributed by atoms with van der Waals surface area (Å²) in [6, 6.07) is 8.11. The fraction of sp³-hybridized carbons (Fsp3) is 0.364. The maximum Gasteiger partial charge on any atom is 0.275 e. The fourth-order valence-corrected chi connectivity index (χ4v) is 4.20. The van der Waals surface area contributed by atoms with Crippen molar-refractivity contribution in [2.45, 2.75) is 37.8 Å². The zero-order valence-corrected chi connectivity index (χ0v) is 17.5. The molecule has 7 nitrogen and oxygen atoms in total. The largest absolute Gasteiger partial charge is 0.331 e. The molecule has 2 atom stereocenters. The highest BCUT2D eigenvalue weighted by molar-refractivity contribution is 6.00. The molecule has 31 heavy (non-hydrogen) atoms. The van der Waals surface area contributed by atoms with Crippen LogP contribution < -0.4 is 0 Å². The SMILES string of the molecule is CCC1(Cc2ccc(F)cc2)C(=O)N(C)C(Cc2c(F)cccc2[N+](=O)[O-])C(=O)N1C. The van der Waals surface area contributed by atoms with Gasteiger partial charge in [0.15, 0.2) is 0 Å². The first-order valence-corrected chi connectivity index (χ1v) is 9.83. The van der Waals surface area contributed by atoms with Gasteiger partial charge in [-0.3, -0.25) is 19.7 Å². The van der Waals surface area contributed by atoms with E-state index in [1.54, 1.807) is 19.1 Å². The highest BCUT2D eigenvalue weighted by atomic mass is 19.1. The average molecular weight is 431 g/mol. The van der Waals surface area contributed by atoms with E-state index in [0.29, 0.717) is 12.0 Å². The molecule has 9 heteroatoms. The van der Waals surface area contributed by atoms with Gasteiger partial charge in [0.25, 0.3) is 5.69 Å². The van der Waals surface area contributed by atoms with Crippen LogP contribution in [0.25, 0.3) is 0 Å². The maximum atomic E-state index is 14.4. The van der Waals surface area contributed by atoms with Gasteiger partial charge < -0.3 is 9.80 Å². The van der Waals surface area contributed by atoms with E-state index in [9.17, 15) is 28.5 Å². The lowest BCUT2D eigenvalue weighted by molar-refractivity contribution is -0.385. The van der Waals surface area contributed by atoms with Crippen molar-refractivity contribution in [3.05, 3.63) is 75.3 Å². The molecule has 2 amide bonds. The van der Waals surface area contributed by atoms with Crippen LogP contribution in [-0.2, 0) is 22.4 Å². The number of halogens is 2. The molecule has 1 heterocycles. The number of nitro benzene ring substituents is 1. The number of nitro groups is 1. The molecule has 1 fully saturated rings. The van der Waals surface area contributed by atoms with E-state index in [1.807, 2.05) is 0 Å². The smallest absolute Gasteiger partial charge is 0.275 e. The number of amides is 2. The number of hydrogen-bond acceptors (Lipinski definition) is 4. The summed E-state index contributed by atoms with van der Waals surface area (Å²) in [4.78, 5) is 39.9. The van der Waals surface area contributed by atoms with Gasteiger partial charge in [-0.1, -0.05) is 25.1 Å². The van der Waals surface area contributed by atoms with Gasteiger partial charge in [-0.25, -0.2) is 8.78 Å². The molecule has 2 aromatic rings. The molecular weight excluding hydrogens is 408 g/mol. The van der Waals surface area contributed by atoms with E-state index < -0.39 is 39.7 Å². The van der Waals surface area contributed by atoms with E-state index in [-0.39, 0.29) is 24.3 Å². The first-order chi connectivity index (χ1) is 14.6. The Morgan fingerprint density at radius 2 is 1.74 bits per heavy atom. The van der Waals surface area contributed by atoms with Gasteiger partial charge in [-0.2, -0.15) is 0 Å². The molecule has 2 aromatic carbocycles. The molecule has 1 aliphatic heterocycles. The second-order valence-electron chi connectivity index (χ2n) is 7.72. The van der Waals surface area contributed by atoms with Crippen LogP contribution in [0.15, 0.2) is 42.5 Å². The Labute approximate surface area is 178 Å². The fourth-order valence-electron chi connectivity index (χ4n) is 4.20. The van der Waals surface area contributed by atoms with Crippen LogP contribution in [0.5, 0.6) is 0 Å². The Morgan fingerprint density at radius 3 is 2.32 bits per heavy atom. The normalized spacial score (nSPS) is 21.5. The van der Waals surface area contributed by atoms with E-state index in [2.05, 4.69) is 0 Å². The number of rotatable bonds is 6. The maximum absolute atomic E-state index is 14.4. The Kier molecular flexibility index (Phi) is 6.06. The minimum atomic E-state index is -1.19. The minimum Gasteiger partial charge on any atom is -0.331 e. The molecular formula is C22H23F2N3O4. The third-order valence-corrected chi connectivity index (χ3v) is 6.13. The van der Waals surface area contributed by atoms with Gasteiger partial charge in [-0.05, 0) is 30.2 Å². The minimum absolute atomic E-state index is 0.182. The third kappa shape index (κ3) is 3.87. The van der Waals surface area contributed by atoms with E-state index in [0.717, 1.165) is 6.07 Å². The van der Waals surface area contributed by atoms with Gasteiger partial charge in [0.05, 0.1) is 10.5 Å². The molecule has 0 N–H and O–H groups in total. The van der Waals surface area contributed by atoms with Crippen molar-refractivity contribution in [1.82, 2.24) is 9.80 Å². The molecule has 0 bridgehead atoms. The monoisotopic (exact) mass is 431 g/mol. The van der Waals surface area contributed by atoms with E-state index in [1.165, 1.54) is 48.2 Å². The zero-order chi connectivity index (χ0) is 22.9. The zero-order valence-electron chi connectivity index (χ0n) is 17.5. The van der Waals surface area contributed by atoms with E-state index in [4.69, 9.17) is 0 Å². The lowest BCUT2D eigenvalue weighted by Crippen LogP contribution is -2.70. The van der Waals surface area contributed by atoms with Crippen LogP contribution >= 0.6 is 0 Å². The van der Waals surface area contributed by atoms with Crippen LogP contribution in [0.3, 0.4) is 0 Å². The summed E-state index contributed by atoms with van der Waals surface area (Å²) in [5.41, 5.74) is -1.16. The topological polar surface area (TPSA) is 83.8 Å². The molecule has 0 spiro atoms. The first kappa shape index (κ1) is 22.3. The summed E-state index contributed by atoms with van der Waals surface area (Å²) in [5, 5.41) is 11.3. The number of carbonyl (C=O) groups is 2. The number of piperazine rings is 1. The van der Waals surface area contributed by atoms with Crippen molar-refractivity contribution >= 4 is 17.5 Å². The molecule has 0 aromatic heterocycles. The number of nitrogens with zero attached hydrogens (tertiary/aromatic N) is 3. The third-order valence-electron chi connectivity index (χ3n) is 6.13. The van der Waals surface area contributed by atoms with Crippen LogP contribution in [-0.4, -0.2) is 52.2 Å². The summed E-state index contributed by atoms with van der Waals surface area (Å²) in [5.74, 6) is -2.00. The van der Waals surface area contributed by atoms with Gasteiger partial charge in [0.2, 0.25) is 11.8 Å². The standard InChI is InChI=1S/C22H23F2N3O4/c1-4-22(13-14-8-10-15(23)11-9-14)21(29)25(2)19(20(28)26(22)3)12-16-17(24)6-5-7-18(16)27(30)31/h5-11,19H,4,12-13H2,1-3H3. The molecule has 2 unspecified atom stereocenters. The lowest BCUT2D eigenvalue weighted by atomic mass is 9.81. The molecule has 0 saturated carbocycles. The van der Waals surface area contributed by atoms with Gasteiger partial charge in [0.1, 0.15) is 23.2 Å². The highest BCUT2D eigenvalue weighted by Gasteiger charge is 2.52. The summed E-state index contributed by atoms with van der Waals surface area (Å²) in [6.07, 6.45) is 0.175. The Balaban J connectivity index is 1.96. The van der Waals surface area contributed by atoms with Crippen LogP contribution in [0.4, 0.5) is 14.5 Å². The number of benzene rings is 2. The van der Waals surface area contributed by atoms with Crippen molar-refractivity contribution < 1.29 is 23.3 Å². The van der Waals surface area contributed by atoms with E-state index >= 15 is 0 Å². The predicted molar refractivity (Wildman–Crippen MR) is 109 cm³/mol. The molecule has 164 valence electrons. The Bertz CT molecular complexity index is 1030. The molecule has 0 radical (unpaired) electrons. The molecule has 0 aliphatic carbocycles. The highest BCUT2D eigenvalue weighted by Crippen LogP contribution is 2.34. The van der Waals surface area contributed by atoms with Crippen molar-refractivity contribution in [1.29, 1.82) is 0 Å². The molecule has 1 saturated heterocycles. The number of likely N-dealkylation sites (N-methyl/N-ethyl adjacent to an activating group) is 2. The lowest BCUT2D eigenvalue weighted by Gasteiger charge is -2.50. The molecule has 1 aliphatic rings. The summed E-state index contributed by atoms with van der Waals surface area (Å²) in [6.45, 7) is 1.78. The summed E-state index contributed by atoms with van der Waals surface area (Å²) < 4.78 is 27.7. The number of carbonyl (C=O) groups excluding carboxylic acids is 2. The van der Waals surface area contributed by atoms with Crippen molar-refractivity contribution in [2.75, 3.05) is 14.1 Å². The van der Waals surface area contributed by atoms with Crippen LogP contribution in [0.2, 0.25) is 0 Å². The van der Waals surface area contributed by atoms with Crippen molar-refractivity contribution in [3.63, 3.8) is 0 Å². The summed E-state index contributed by atoms with van der Waals surface area (Å²) >= 11 is 0. The average Bonchev–Trinajstić information content (AvgIpc) is 2.75. The quantitative estimate of drug-likeness (QED) is 0.520. The van der Waals surface area contributed by atoms with Crippen molar-refractivity contribution in [3.8, 4) is 0 Å². The van der Waals surface area contributed by atoms with Gasteiger partial charge >= 0.3 is 0 Å². The van der Waals surface area contributed by atoms with Crippen LogP contribution in [0.1, 0.15) is 24.5 Å². The van der Waals surface area contributed by atoms with Crippen molar-refractivity contribution in [2.24, 2.45) is 0 Å². The Morgan fingerprint density at radius 1 is 1.10 bits per heavy atom. The molecule has 3 rings (SSSR count). The number of hydrogen-bond donors (Lipinski definition) is 0. The summed E-state index contributed by atoms with van der Waals surface area (Å²) in [7, 11) is 2.95. The van der Waals surface area contributed by atoms with Gasteiger partial charge in [-0.15, -0.1) is 0 Å². The Hall–Kier alpha value is -3.36. The predicted octanol–water partition coefficient (Wildman–Crippen LogP) is 3.11. The second kappa shape index (κ2) is 8.41.